The van der Waals surface area contributed by atoms with E-state index in [9.17, 15) is 10.5 Å². The van der Waals surface area contributed by atoms with E-state index >= 15 is 0 Å². The average molecular weight is 841 g/mol. The van der Waals surface area contributed by atoms with Crippen LogP contribution in [0.4, 0.5) is 0 Å². The van der Waals surface area contributed by atoms with E-state index in [0.29, 0.717) is 11.1 Å². The fraction of sp³-hybridized carbons (Fsp3) is 0. The first-order valence-corrected chi connectivity index (χ1v) is 21.8. The molecule has 6 nitrogen and oxygen atoms in total. The molecule has 4 heterocycles. The summed E-state index contributed by atoms with van der Waals surface area (Å²) < 4.78 is 4.56. The lowest BCUT2D eigenvalue weighted by atomic mass is 9.96. The maximum absolute atomic E-state index is 10.9. The number of fused-ring (bicyclic) bond motifs is 6. The molecule has 6 heteroatoms. The minimum Gasteiger partial charge on any atom is -0.308 e. The molecule has 0 aliphatic heterocycles. The second-order valence-electron chi connectivity index (χ2n) is 16.5. The second-order valence-corrected chi connectivity index (χ2v) is 16.5. The average Bonchev–Trinajstić information content (AvgIpc) is 3.91. The van der Waals surface area contributed by atoms with Gasteiger partial charge in [0.05, 0.1) is 68.1 Å². The number of benzene rings is 8. The summed E-state index contributed by atoms with van der Waals surface area (Å²) in [5, 5.41) is 25.4. The van der Waals surface area contributed by atoms with Crippen molar-refractivity contribution in [2.24, 2.45) is 0 Å². The van der Waals surface area contributed by atoms with E-state index in [0.717, 1.165) is 111 Å². The van der Waals surface area contributed by atoms with Crippen molar-refractivity contribution in [2.75, 3.05) is 0 Å². The topological polar surface area (TPSA) is 83.2 Å². The minimum absolute atomic E-state index is 0.513. The highest BCUT2D eigenvalue weighted by atomic mass is 15.0. The van der Waals surface area contributed by atoms with E-state index in [4.69, 9.17) is 9.97 Å². The van der Waals surface area contributed by atoms with Crippen molar-refractivity contribution < 1.29 is 0 Å². The maximum atomic E-state index is 10.9. The van der Waals surface area contributed by atoms with Crippen molar-refractivity contribution in [2.45, 2.75) is 0 Å². The fourth-order valence-corrected chi connectivity index (χ4v) is 9.58. The molecule has 306 valence electrons. The summed E-state index contributed by atoms with van der Waals surface area (Å²) in [4.78, 5) is 9.69. The third-order valence-electron chi connectivity index (χ3n) is 12.7. The number of para-hydroxylation sites is 2. The molecule has 0 saturated carbocycles. The molecule has 12 rings (SSSR count). The van der Waals surface area contributed by atoms with Gasteiger partial charge in [0.1, 0.15) is 0 Å². The predicted molar refractivity (Wildman–Crippen MR) is 267 cm³/mol. The van der Waals surface area contributed by atoms with Gasteiger partial charge in [-0.25, -0.2) is 0 Å². The molecule has 0 aliphatic rings. The van der Waals surface area contributed by atoms with Gasteiger partial charge in [-0.3, -0.25) is 9.97 Å². The third-order valence-corrected chi connectivity index (χ3v) is 12.7. The largest absolute Gasteiger partial charge is 0.308 e. The van der Waals surface area contributed by atoms with Gasteiger partial charge >= 0.3 is 0 Å². The first-order chi connectivity index (χ1) is 32.6. The Morgan fingerprint density at radius 2 is 0.758 bits per heavy atom. The number of nitriles is 2. The third kappa shape index (κ3) is 6.41. The molecule has 8 aromatic carbocycles. The standard InChI is InChI=1S/C60H36N6/c61-35-39-12-11-17-45(30-39)60-58(65-54-20-9-7-18-48(54)50-33-43(24-28-56(50)65)46-22-26-52(63-37-46)41-13-3-1-4-14-41)31-40(36-62)32-59(60)66-55-21-10-8-19-49(55)51-34-44(25-29-57(51)66)47-23-27-53(64-38-47)42-15-5-2-6-16-42/h1-34,37-38H. The van der Waals surface area contributed by atoms with Crippen molar-refractivity contribution in [3.63, 3.8) is 0 Å². The van der Waals surface area contributed by atoms with E-state index in [-0.39, 0.29) is 0 Å². The smallest absolute Gasteiger partial charge is 0.0993 e. The number of rotatable bonds is 7. The van der Waals surface area contributed by atoms with E-state index in [1.165, 1.54) is 0 Å². The fourth-order valence-electron chi connectivity index (χ4n) is 9.58. The van der Waals surface area contributed by atoms with Crippen molar-refractivity contribution in [1.29, 1.82) is 10.5 Å². The number of aromatic nitrogens is 4. The van der Waals surface area contributed by atoms with Crippen LogP contribution in [0.25, 0.3) is 111 Å². The lowest BCUT2D eigenvalue weighted by molar-refractivity contribution is 1.13. The van der Waals surface area contributed by atoms with E-state index in [2.05, 4.69) is 161 Å². The Bertz CT molecular complexity index is 3700. The number of hydrogen-bond donors (Lipinski definition) is 0. The van der Waals surface area contributed by atoms with Crippen LogP contribution in [-0.2, 0) is 0 Å². The molecular formula is C60H36N6. The van der Waals surface area contributed by atoms with Crippen LogP contribution in [-0.4, -0.2) is 19.1 Å². The highest BCUT2D eigenvalue weighted by Gasteiger charge is 2.24. The Labute approximate surface area is 380 Å². The predicted octanol–water partition coefficient (Wildman–Crippen LogP) is 14.7. The van der Waals surface area contributed by atoms with Gasteiger partial charge in [0, 0.05) is 61.8 Å². The van der Waals surface area contributed by atoms with Crippen LogP contribution in [0.15, 0.2) is 219 Å². The van der Waals surface area contributed by atoms with Gasteiger partial charge in [0.15, 0.2) is 0 Å². The quantitative estimate of drug-likeness (QED) is 0.160. The van der Waals surface area contributed by atoms with Crippen LogP contribution >= 0.6 is 0 Å². The summed E-state index contributed by atoms with van der Waals surface area (Å²) in [7, 11) is 0. The van der Waals surface area contributed by atoms with E-state index < -0.39 is 0 Å². The van der Waals surface area contributed by atoms with Crippen LogP contribution in [0.3, 0.4) is 0 Å². The van der Waals surface area contributed by atoms with Crippen LogP contribution in [0.5, 0.6) is 0 Å². The van der Waals surface area contributed by atoms with Crippen molar-refractivity contribution in [1.82, 2.24) is 19.1 Å². The SMILES string of the molecule is N#Cc1cccc(-c2c(-n3c4ccccc4c4cc(-c5ccc(-c6ccccc6)nc5)ccc43)cc(C#N)cc2-n2c3ccccc3c3cc(-c4ccc(-c5ccccc5)nc4)ccc32)c1. The Morgan fingerprint density at radius 3 is 1.23 bits per heavy atom. The van der Waals surface area contributed by atoms with Gasteiger partial charge in [0.2, 0.25) is 0 Å². The molecular weight excluding hydrogens is 805 g/mol. The van der Waals surface area contributed by atoms with Crippen LogP contribution in [0.1, 0.15) is 11.1 Å². The molecule has 0 unspecified atom stereocenters. The van der Waals surface area contributed by atoms with Gasteiger partial charge in [-0.2, -0.15) is 10.5 Å². The first-order valence-electron chi connectivity index (χ1n) is 21.8. The summed E-state index contributed by atoms with van der Waals surface area (Å²) in [5.74, 6) is 0. The summed E-state index contributed by atoms with van der Waals surface area (Å²) in [6, 6.07) is 75.5. The number of nitrogens with zero attached hydrogens (tertiary/aromatic N) is 6. The molecule has 0 radical (unpaired) electrons. The molecule has 12 aromatic rings. The Hall–Kier alpha value is -9.36. The lowest BCUT2D eigenvalue weighted by Gasteiger charge is -2.21. The summed E-state index contributed by atoms with van der Waals surface area (Å²) in [6.07, 6.45) is 3.89. The zero-order chi connectivity index (χ0) is 44.1. The normalized spacial score (nSPS) is 11.3. The maximum Gasteiger partial charge on any atom is 0.0993 e. The molecule has 0 spiro atoms. The molecule has 0 N–H and O–H groups in total. The molecule has 66 heavy (non-hydrogen) atoms. The molecule has 0 fully saturated rings. The van der Waals surface area contributed by atoms with E-state index in [1.807, 2.05) is 79.1 Å². The van der Waals surface area contributed by atoms with Crippen LogP contribution in [0.2, 0.25) is 0 Å². The molecule has 0 saturated heterocycles. The van der Waals surface area contributed by atoms with Crippen molar-refractivity contribution >= 4 is 43.6 Å². The monoisotopic (exact) mass is 840 g/mol. The van der Waals surface area contributed by atoms with Gasteiger partial charge in [-0.05, 0) is 89.5 Å². The van der Waals surface area contributed by atoms with Gasteiger partial charge in [-0.15, -0.1) is 0 Å². The number of pyridine rings is 2. The summed E-state index contributed by atoms with van der Waals surface area (Å²) in [6.45, 7) is 0. The van der Waals surface area contributed by atoms with Crippen LogP contribution in [0, 0.1) is 22.7 Å². The Morgan fingerprint density at radius 1 is 0.318 bits per heavy atom. The van der Waals surface area contributed by atoms with Gasteiger partial charge < -0.3 is 9.13 Å². The zero-order valence-corrected chi connectivity index (χ0v) is 35.5. The molecule has 0 bridgehead atoms. The zero-order valence-electron chi connectivity index (χ0n) is 35.5. The molecule has 4 aromatic heterocycles. The lowest BCUT2D eigenvalue weighted by Crippen LogP contribution is -2.05. The highest BCUT2D eigenvalue weighted by molar-refractivity contribution is 6.13. The molecule has 0 atom stereocenters. The van der Waals surface area contributed by atoms with Crippen molar-refractivity contribution in [3.05, 3.63) is 230 Å². The molecule has 0 aliphatic carbocycles. The second kappa shape index (κ2) is 15.8. The van der Waals surface area contributed by atoms with Gasteiger partial charge in [0.25, 0.3) is 0 Å². The Kier molecular flexibility index (Phi) is 9.16. The van der Waals surface area contributed by atoms with E-state index in [1.54, 1.807) is 0 Å². The van der Waals surface area contributed by atoms with Crippen LogP contribution < -0.4 is 0 Å². The molecule has 0 amide bonds. The summed E-state index contributed by atoms with van der Waals surface area (Å²) in [5.41, 5.74) is 16.6. The van der Waals surface area contributed by atoms with Crippen molar-refractivity contribution in [3.8, 4) is 79.4 Å². The Balaban J connectivity index is 1.08. The first kappa shape index (κ1) is 38.3. The number of hydrogen-bond acceptors (Lipinski definition) is 4. The summed E-state index contributed by atoms with van der Waals surface area (Å²) >= 11 is 0. The highest BCUT2D eigenvalue weighted by Crippen LogP contribution is 2.44. The van der Waals surface area contributed by atoms with Gasteiger partial charge in [-0.1, -0.05) is 133 Å². The minimum atomic E-state index is 0.513.